The van der Waals surface area contributed by atoms with Crippen LogP contribution in [-0.4, -0.2) is 28.6 Å². The second-order valence-electron chi connectivity index (χ2n) is 7.69. The third-order valence-electron chi connectivity index (χ3n) is 5.23. The molecule has 3 rings (SSSR count). The van der Waals surface area contributed by atoms with Crippen LogP contribution in [0, 0.1) is 23.3 Å². The van der Waals surface area contributed by atoms with Gasteiger partial charge in [-0.15, -0.1) is 0 Å². The Kier molecular flexibility index (Phi) is 8.13. The molecule has 4 N–H and O–H groups in total. The van der Waals surface area contributed by atoms with Crippen LogP contribution in [0.1, 0.15) is 35.4 Å². The Bertz CT molecular complexity index is 1090. The molecule has 2 aromatic carbocycles. The number of nitrogens with zero attached hydrogens (tertiary/aromatic N) is 1. The molecule has 174 valence electrons. The summed E-state index contributed by atoms with van der Waals surface area (Å²) in [4.78, 5) is 16.6. The number of pyridine rings is 1. The minimum atomic E-state index is -0.811. The molecule has 3 aromatic rings. The van der Waals surface area contributed by atoms with Crippen molar-refractivity contribution in [1.29, 1.82) is 0 Å². The number of hydrogen-bond acceptors (Lipinski definition) is 4. The fourth-order valence-corrected chi connectivity index (χ4v) is 3.53. The monoisotopic (exact) mass is 461 g/mol. The van der Waals surface area contributed by atoms with E-state index in [2.05, 4.69) is 10.3 Å². The molecule has 9 heteroatoms. The number of nitrogens with two attached hydrogens (primary N) is 1. The van der Waals surface area contributed by atoms with Crippen LogP contribution in [0.15, 0.2) is 54.9 Å². The predicted molar refractivity (Wildman–Crippen MR) is 115 cm³/mol. The van der Waals surface area contributed by atoms with E-state index in [9.17, 15) is 22.4 Å². The first-order valence-corrected chi connectivity index (χ1v) is 10.3. The molecule has 0 saturated heterocycles. The van der Waals surface area contributed by atoms with E-state index in [0.717, 1.165) is 18.3 Å². The zero-order valence-corrected chi connectivity index (χ0v) is 17.6. The lowest BCUT2D eigenvalue weighted by atomic mass is 9.88. The number of aliphatic hydroxyl groups is 1. The molecule has 0 fully saturated rings. The molecular weight excluding hydrogens is 438 g/mol. The van der Waals surface area contributed by atoms with Gasteiger partial charge >= 0.3 is 0 Å². The molecule has 0 aliphatic heterocycles. The van der Waals surface area contributed by atoms with Crippen LogP contribution in [0.4, 0.5) is 23.2 Å². The predicted octanol–water partition coefficient (Wildman–Crippen LogP) is 4.05. The second-order valence-corrected chi connectivity index (χ2v) is 7.69. The Morgan fingerprint density at radius 2 is 1.64 bits per heavy atom. The summed E-state index contributed by atoms with van der Waals surface area (Å²) in [6.07, 6.45) is 2.48. The molecule has 0 aliphatic rings. The highest BCUT2D eigenvalue weighted by Gasteiger charge is 2.21. The second kappa shape index (κ2) is 11.0. The van der Waals surface area contributed by atoms with Crippen molar-refractivity contribution in [2.45, 2.75) is 31.2 Å². The van der Waals surface area contributed by atoms with Crippen LogP contribution < -0.4 is 11.1 Å². The van der Waals surface area contributed by atoms with Gasteiger partial charge in [-0.2, -0.15) is 0 Å². The first kappa shape index (κ1) is 24.3. The number of aromatic nitrogens is 1. The number of amides is 1. The van der Waals surface area contributed by atoms with Crippen molar-refractivity contribution in [2.24, 2.45) is 5.73 Å². The maximum Gasteiger partial charge on any atom is 0.225 e. The normalized spacial score (nSPS) is 12.9. The Hall–Kier alpha value is -3.30. The maximum atomic E-state index is 14.3. The molecule has 2 atom stereocenters. The largest absolute Gasteiger partial charge is 0.395 e. The zero-order chi connectivity index (χ0) is 24.0. The number of carbonyl (C=O) groups excluding carboxylic acids is 1. The van der Waals surface area contributed by atoms with E-state index < -0.39 is 41.1 Å². The van der Waals surface area contributed by atoms with Crippen molar-refractivity contribution in [1.82, 2.24) is 4.98 Å². The summed E-state index contributed by atoms with van der Waals surface area (Å²) in [5, 5.41) is 11.7. The highest BCUT2D eigenvalue weighted by Crippen LogP contribution is 2.30. The Labute approximate surface area is 188 Å². The lowest BCUT2D eigenvalue weighted by molar-refractivity contribution is -0.116. The Morgan fingerprint density at radius 1 is 0.970 bits per heavy atom. The summed E-state index contributed by atoms with van der Waals surface area (Å²) in [7, 11) is 0. The van der Waals surface area contributed by atoms with Gasteiger partial charge in [0.15, 0.2) is 0 Å². The molecule has 1 heterocycles. The number of aliphatic hydroxyl groups excluding tert-OH is 1. The molecule has 1 amide bonds. The average molecular weight is 461 g/mol. The highest BCUT2D eigenvalue weighted by molar-refractivity contribution is 5.92. The van der Waals surface area contributed by atoms with E-state index in [4.69, 9.17) is 10.8 Å². The van der Waals surface area contributed by atoms with Gasteiger partial charge in [0.1, 0.15) is 23.3 Å². The third kappa shape index (κ3) is 6.59. The van der Waals surface area contributed by atoms with Crippen molar-refractivity contribution in [3.8, 4) is 0 Å². The van der Waals surface area contributed by atoms with E-state index in [1.165, 1.54) is 30.5 Å². The molecule has 5 nitrogen and oxygen atoms in total. The van der Waals surface area contributed by atoms with Gasteiger partial charge in [0.25, 0.3) is 0 Å². The summed E-state index contributed by atoms with van der Waals surface area (Å²) in [6.45, 7) is -0.266. The average Bonchev–Trinajstić information content (AvgIpc) is 2.77. The van der Waals surface area contributed by atoms with E-state index in [1.54, 1.807) is 0 Å². The molecule has 33 heavy (non-hydrogen) atoms. The van der Waals surface area contributed by atoms with Crippen molar-refractivity contribution in [2.75, 3.05) is 11.9 Å². The van der Waals surface area contributed by atoms with Gasteiger partial charge in [-0.05, 0) is 48.2 Å². The lowest BCUT2D eigenvalue weighted by Gasteiger charge is -2.19. The number of halogens is 4. The number of rotatable bonds is 9. The number of anilines is 1. The first-order valence-electron chi connectivity index (χ1n) is 10.3. The first-order chi connectivity index (χ1) is 15.8. The Balaban J connectivity index is 1.86. The standard InChI is InChI=1S/C24H23F4N3O2/c25-16-3-1-14(2-4-16)21(15-7-17(26)9-18(27)8-15)10-24(33)31-23-12-30-11-22(28)20(23)6-5-19(29)13-32/h1-4,7-9,11-12,19,21,32H,5-6,10,13,29H2,(H,31,33)/t19-,21-/m0/s1. The summed E-state index contributed by atoms with van der Waals surface area (Å²) >= 11 is 0. The molecular formula is C24H23F4N3O2. The molecule has 0 spiro atoms. The summed E-state index contributed by atoms with van der Waals surface area (Å²) in [5.74, 6) is -4.11. The topological polar surface area (TPSA) is 88.2 Å². The van der Waals surface area contributed by atoms with Gasteiger partial charge < -0.3 is 16.2 Å². The molecule has 0 radical (unpaired) electrons. The highest BCUT2D eigenvalue weighted by atomic mass is 19.1. The molecule has 0 saturated carbocycles. The van der Waals surface area contributed by atoms with E-state index in [-0.39, 0.29) is 42.7 Å². The van der Waals surface area contributed by atoms with Crippen LogP contribution >= 0.6 is 0 Å². The number of hydrogen-bond donors (Lipinski definition) is 3. The van der Waals surface area contributed by atoms with Crippen LogP contribution in [0.25, 0.3) is 0 Å². The summed E-state index contributed by atoms with van der Waals surface area (Å²) < 4.78 is 55.4. The van der Waals surface area contributed by atoms with Gasteiger partial charge in [0.05, 0.1) is 24.7 Å². The van der Waals surface area contributed by atoms with E-state index >= 15 is 0 Å². The fraction of sp³-hybridized carbons (Fsp3) is 0.250. The zero-order valence-electron chi connectivity index (χ0n) is 17.6. The Morgan fingerprint density at radius 3 is 2.27 bits per heavy atom. The maximum absolute atomic E-state index is 14.3. The van der Waals surface area contributed by atoms with Crippen LogP contribution in [0.2, 0.25) is 0 Å². The molecule has 0 unspecified atom stereocenters. The SMILES string of the molecule is N[C@H](CO)CCc1c(F)cncc1NC(=O)C[C@@H](c1ccc(F)cc1)c1cc(F)cc(F)c1. The van der Waals surface area contributed by atoms with Crippen molar-refractivity contribution < 1.29 is 27.5 Å². The van der Waals surface area contributed by atoms with Crippen molar-refractivity contribution in [3.05, 3.63) is 94.8 Å². The van der Waals surface area contributed by atoms with Gasteiger partial charge in [-0.1, -0.05) is 12.1 Å². The van der Waals surface area contributed by atoms with Gasteiger partial charge in [0.2, 0.25) is 5.91 Å². The van der Waals surface area contributed by atoms with Gasteiger partial charge in [0, 0.05) is 30.0 Å². The molecule has 0 aliphatic carbocycles. The lowest BCUT2D eigenvalue weighted by Crippen LogP contribution is -2.25. The van der Waals surface area contributed by atoms with Gasteiger partial charge in [-0.25, -0.2) is 17.6 Å². The molecule has 0 bridgehead atoms. The summed E-state index contributed by atoms with van der Waals surface area (Å²) in [6, 6.07) is 7.62. The smallest absolute Gasteiger partial charge is 0.225 e. The van der Waals surface area contributed by atoms with Crippen molar-refractivity contribution in [3.63, 3.8) is 0 Å². The number of nitrogens with one attached hydrogen (secondary N) is 1. The van der Waals surface area contributed by atoms with Crippen molar-refractivity contribution >= 4 is 11.6 Å². The fourth-order valence-electron chi connectivity index (χ4n) is 3.53. The minimum absolute atomic E-state index is 0.133. The van der Waals surface area contributed by atoms with Gasteiger partial charge in [-0.3, -0.25) is 9.78 Å². The van der Waals surface area contributed by atoms with E-state index in [0.29, 0.717) is 11.6 Å². The third-order valence-corrected chi connectivity index (χ3v) is 5.23. The number of benzene rings is 2. The minimum Gasteiger partial charge on any atom is -0.395 e. The summed E-state index contributed by atoms with van der Waals surface area (Å²) in [5.41, 5.74) is 6.67. The quantitative estimate of drug-likeness (QED) is 0.420. The van der Waals surface area contributed by atoms with Crippen LogP contribution in [0.3, 0.4) is 0 Å². The molecule has 1 aromatic heterocycles. The number of carbonyl (C=O) groups is 1. The van der Waals surface area contributed by atoms with E-state index in [1.807, 2.05) is 0 Å². The van der Waals surface area contributed by atoms with Crippen LogP contribution in [-0.2, 0) is 11.2 Å². The van der Waals surface area contributed by atoms with Crippen LogP contribution in [0.5, 0.6) is 0 Å².